The van der Waals surface area contributed by atoms with Crippen LogP contribution < -0.4 is 11.1 Å². The number of rotatable bonds is 4. The van der Waals surface area contributed by atoms with Crippen molar-refractivity contribution in [3.8, 4) is 0 Å². The third-order valence-electron chi connectivity index (χ3n) is 2.35. The van der Waals surface area contributed by atoms with Gasteiger partial charge in [-0.2, -0.15) is 0 Å². The van der Waals surface area contributed by atoms with E-state index in [1.807, 2.05) is 45.0 Å². The van der Waals surface area contributed by atoms with Gasteiger partial charge in [0, 0.05) is 17.6 Å². The van der Waals surface area contributed by atoms with Crippen LogP contribution in [0.15, 0.2) is 24.3 Å². The summed E-state index contributed by atoms with van der Waals surface area (Å²) in [5, 5.41) is 3.34. The lowest BCUT2D eigenvalue weighted by atomic mass is 10.1. The van der Waals surface area contributed by atoms with Gasteiger partial charge in [-0.1, -0.05) is 29.8 Å². The lowest BCUT2D eigenvalue weighted by Gasteiger charge is -2.21. The first-order chi connectivity index (χ1) is 8.78. The predicted molar refractivity (Wildman–Crippen MR) is 77.4 cm³/mol. The Hall–Kier alpha value is -1.26. The van der Waals surface area contributed by atoms with E-state index in [1.165, 1.54) is 0 Å². The van der Waals surface area contributed by atoms with E-state index < -0.39 is 11.7 Å². The Kier molecular flexibility index (Phi) is 5.63. The van der Waals surface area contributed by atoms with Crippen LogP contribution in [0.4, 0.5) is 4.79 Å². The SMILES string of the molecule is CC(C)(C)OC(=O)NC[C@@H](N)Cc1ccccc1Cl. The van der Waals surface area contributed by atoms with Crippen molar-refractivity contribution in [1.29, 1.82) is 0 Å². The summed E-state index contributed by atoms with van der Waals surface area (Å²) < 4.78 is 5.13. The number of nitrogens with two attached hydrogens (primary N) is 1. The minimum atomic E-state index is -0.503. The lowest BCUT2D eigenvalue weighted by Crippen LogP contribution is -2.41. The molecular weight excluding hydrogens is 264 g/mol. The van der Waals surface area contributed by atoms with Crippen molar-refractivity contribution in [3.05, 3.63) is 34.9 Å². The van der Waals surface area contributed by atoms with Gasteiger partial charge >= 0.3 is 6.09 Å². The van der Waals surface area contributed by atoms with Crippen LogP contribution in [0, 0.1) is 0 Å². The fraction of sp³-hybridized carbons (Fsp3) is 0.500. The van der Waals surface area contributed by atoms with E-state index >= 15 is 0 Å². The molecule has 3 N–H and O–H groups in total. The largest absolute Gasteiger partial charge is 0.444 e. The third-order valence-corrected chi connectivity index (χ3v) is 2.72. The average molecular weight is 285 g/mol. The van der Waals surface area contributed by atoms with E-state index in [4.69, 9.17) is 22.1 Å². The Balaban J connectivity index is 2.38. The zero-order valence-corrected chi connectivity index (χ0v) is 12.3. The van der Waals surface area contributed by atoms with Gasteiger partial charge in [0.1, 0.15) is 5.60 Å². The summed E-state index contributed by atoms with van der Waals surface area (Å²) in [5.41, 5.74) is 6.43. The van der Waals surface area contributed by atoms with Gasteiger partial charge in [-0.3, -0.25) is 0 Å². The fourth-order valence-electron chi connectivity index (χ4n) is 1.55. The van der Waals surface area contributed by atoms with Crippen molar-refractivity contribution in [2.24, 2.45) is 5.73 Å². The predicted octanol–water partition coefficient (Wildman–Crippen LogP) is 2.73. The van der Waals surface area contributed by atoms with E-state index in [1.54, 1.807) is 0 Å². The quantitative estimate of drug-likeness (QED) is 0.893. The summed E-state index contributed by atoms with van der Waals surface area (Å²) in [6.07, 6.45) is 0.150. The molecule has 1 aromatic rings. The Morgan fingerprint density at radius 1 is 1.42 bits per heavy atom. The molecule has 0 unspecified atom stereocenters. The van der Waals surface area contributed by atoms with Gasteiger partial charge in [-0.15, -0.1) is 0 Å². The summed E-state index contributed by atoms with van der Waals surface area (Å²) in [7, 11) is 0. The van der Waals surface area contributed by atoms with Crippen LogP contribution in [0.2, 0.25) is 5.02 Å². The number of carbonyl (C=O) groups excluding carboxylic acids is 1. The van der Waals surface area contributed by atoms with Crippen molar-refractivity contribution < 1.29 is 9.53 Å². The molecule has 0 aliphatic carbocycles. The highest BCUT2D eigenvalue weighted by Gasteiger charge is 2.16. The van der Waals surface area contributed by atoms with Gasteiger partial charge in [-0.25, -0.2) is 4.79 Å². The molecule has 1 rings (SSSR count). The molecule has 0 radical (unpaired) electrons. The Morgan fingerprint density at radius 3 is 2.63 bits per heavy atom. The zero-order valence-electron chi connectivity index (χ0n) is 11.6. The molecule has 0 aliphatic heterocycles. The fourth-order valence-corrected chi connectivity index (χ4v) is 1.76. The number of hydrogen-bond acceptors (Lipinski definition) is 3. The number of alkyl carbamates (subject to hydrolysis) is 1. The second kappa shape index (κ2) is 6.78. The minimum absolute atomic E-state index is 0.201. The van der Waals surface area contributed by atoms with E-state index in [-0.39, 0.29) is 6.04 Å². The van der Waals surface area contributed by atoms with Gasteiger partial charge in [-0.05, 0) is 38.8 Å². The molecule has 0 spiro atoms. The molecule has 19 heavy (non-hydrogen) atoms. The molecule has 1 atom stereocenters. The smallest absolute Gasteiger partial charge is 0.407 e. The van der Waals surface area contributed by atoms with Crippen LogP contribution in [0.1, 0.15) is 26.3 Å². The second-order valence-corrected chi connectivity index (χ2v) is 5.85. The number of carbonyl (C=O) groups is 1. The highest BCUT2D eigenvalue weighted by Crippen LogP contribution is 2.16. The number of benzene rings is 1. The monoisotopic (exact) mass is 284 g/mol. The molecule has 0 heterocycles. The molecule has 1 aromatic carbocycles. The first-order valence-electron chi connectivity index (χ1n) is 6.24. The van der Waals surface area contributed by atoms with Crippen LogP contribution in [-0.2, 0) is 11.2 Å². The summed E-state index contributed by atoms with van der Waals surface area (Å²) in [5.74, 6) is 0. The molecular formula is C14H21ClN2O2. The van der Waals surface area contributed by atoms with Gasteiger partial charge in [0.05, 0.1) is 0 Å². The van der Waals surface area contributed by atoms with E-state index in [9.17, 15) is 4.79 Å². The van der Waals surface area contributed by atoms with Gasteiger partial charge in [0.25, 0.3) is 0 Å². The molecule has 0 aromatic heterocycles. The minimum Gasteiger partial charge on any atom is -0.444 e. The highest BCUT2D eigenvalue weighted by atomic mass is 35.5. The summed E-state index contributed by atoms with van der Waals surface area (Å²) in [6, 6.07) is 7.33. The maximum Gasteiger partial charge on any atom is 0.407 e. The number of nitrogens with one attached hydrogen (secondary N) is 1. The summed E-state index contributed by atoms with van der Waals surface area (Å²) >= 11 is 6.05. The van der Waals surface area contributed by atoms with Crippen LogP contribution >= 0.6 is 11.6 Å². The topological polar surface area (TPSA) is 64.3 Å². The van der Waals surface area contributed by atoms with Crippen LogP contribution in [-0.4, -0.2) is 24.3 Å². The molecule has 0 saturated heterocycles. The number of ether oxygens (including phenoxy) is 1. The van der Waals surface area contributed by atoms with Crippen molar-refractivity contribution in [2.45, 2.75) is 38.8 Å². The van der Waals surface area contributed by atoms with Crippen LogP contribution in [0.3, 0.4) is 0 Å². The lowest BCUT2D eigenvalue weighted by molar-refractivity contribution is 0.0524. The Morgan fingerprint density at radius 2 is 2.05 bits per heavy atom. The Labute approximate surface area is 119 Å². The molecule has 5 heteroatoms. The van der Waals surface area contributed by atoms with E-state index in [0.29, 0.717) is 18.0 Å². The van der Waals surface area contributed by atoms with Crippen LogP contribution in [0.25, 0.3) is 0 Å². The van der Waals surface area contributed by atoms with E-state index in [0.717, 1.165) is 5.56 Å². The van der Waals surface area contributed by atoms with Crippen molar-refractivity contribution in [3.63, 3.8) is 0 Å². The molecule has 0 saturated carbocycles. The maximum absolute atomic E-state index is 11.5. The van der Waals surface area contributed by atoms with Gasteiger partial charge in [0.15, 0.2) is 0 Å². The van der Waals surface area contributed by atoms with Gasteiger partial charge in [0.2, 0.25) is 0 Å². The van der Waals surface area contributed by atoms with E-state index in [2.05, 4.69) is 5.32 Å². The van der Waals surface area contributed by atoms with Crippen molar-refractivity contribution in [1.82, 2.24) is 5.32 Å². The molecule has 0 bridgehead atoms. The maximum atomic E-state index is 11.5. The Bertz CT molecular complexity index is 430. The standard InChI is InChI=1S/C14H21ClN2O2/c1-14(2,3)19-13(18)17-9-11(16)8-10-6-4-5-7-12(10)15/h4-7,11H,8-9,16H2,1-3H3,(H,17,18)/t11-/m0/s1. The van der Waals surface area contributed by atoms with Crippen molar-refractivity contribution >= 4 is 17.7 Å². The molecule has 0 fully saturated rings. The number of amides is 1. The van der Waals surface area contributed by atoms with Crippen molar-refractivity contribution in [2.75, 3.05) is 6.54 Å². The van der Waals surface area contributed by atoms with Gasteiger partial charge < -0.3 is 15.8 Å². The molecule has 1 amide bonds. The summed E-state index contributed by atoms with van der Waals surface area (Å²) in [4.78, 5) is 11.5. The molecule has 4 nitrogen and oxygen atoms in total. The second-order valence-electron chi connectivity index (χ2n) is 5.44. The third kappa shape index (κ3) is 6.45. The average Bonchev–Trinajstić information content (AvgIpc) is 2.27. The first kappa shape index (κ1) is 15.8. The summed E-state index contributed by atoms with van der Waals surface area (Å²) in [6.45, 7) is 5.79. The number of hydrogen-bond donors (Lipinski definition) is 2. The normalized spacial score (nSPS) is 12.9. The zero-order chi connectivity index (χ0) is 14.5. The molecule has 106 valence electrons. The van der Waals surface area contributed by atoms with Crippen LogP contribution in [0.5, 0.6) is 0 Å². The highest BCUT2D eigenvalue weighted by molar-refractivity contribution is 6.31. The number of halogens is 1. The first-order valence-corrected chi connectivity index (χ1v) is 6.61. The molecule has 0 aliphatic rings.